The van der Waals surface area contributed by atoms with Gasteiger partial charge < -0.3 is 14.6 Å². The SMILES string of the molecule is O=C(Oc1ncon1)C1Cc2ccccc2N1. The number of para-hydroxylation sites is 1. The van der Waals surface area contributed by atoms with Crippen LogP contribution in [0.1, 0.15) is 5.56 Å². The Bertz CT molecular complexity index is 514. The average molecular weight is 231 g/mol. The zero-order valence-electron chi connectivity index (χ0n) is 8.79. The van der Waals surface area contributed by atoms with Crippen LogP contribution in [-0.2, 0) is 11.2 Å². The summed E-state index contributed by atoms with van der Waals surface area (Å²) in [6, 6.07) is 7.30. The van der Waals surface area contributed by atoms with E-state index in [0.29, 0.717) is 6.42 Å². The molecule has 1 aliphatic rings. The number of nitrogens with zero attached hydrogens (tertiary/aromatic N) is 2. The zero-order valence-corrected chi connectivity index (χ0v) is 8.79. The van der Waals surface area contributed by atoms with Crippen LogP contribution in [0.2, 0.25) is 0 Å². The zero-order chi connectivity index (χ0) is 11.7. The number of aromatic nitrogens is 2. The highest BCUT2D eigenvalue weighted by molar-refractivity contribution is 5.84. The van der Waals surface area contributed by atoms with Crippen molar-refractivity contribution in [3.63, 3.8) is 0 Å². The Hall–Kier alpha value is -2.37. The highest BCUT2D eigenvalue weighted by Gasteiger charge is 2.28. The average Bonchev–Trinajstić information content (AvgIpc) is 2.96. The molecule has 86 valence electrons. The number of hydrogen-bond donors (Lipinski definition) is 1. The van der Waals surface area contributed by atoms with Gasteiger partial charge >= 0.3 is 12.0 Å². The third-order valence-corrected chi connectivity index (χ3v) is 2.59. The van der Waals surface area contributed by atoms with Crippen LogP contribution in [-0.4, -0.2) is 22.2 Å². The van der Waals surface area contributed by atoms with E-state index >= 15 is 0 Å². The number of rotatable bonds is 2. The van der Waals surface area contributed by atoms with Gasteiger partial charge in [-0.15, -0.1) is 0 Å². The van der Waals surface area contributed by atoms with E-state index in [9.17, 15) is 4.79 Å². The number of carbonyl (C=O) groups is 1. The second kappa shape index (κ2) is 3.89. The minimum absolute atomic E-state index is 0.0623. The predicted octanol–water partition coefficient (Wildman–Crippen LogP) is 1.01. The predicted molar refractivity (Wildman–Crippen MR) is 57.5 cm³/mol. The largest absolute Gasteiger partial charge is 0.387 e. The Balaban J connectivity index is 1.70. The minimum atomic E-state index is -0.414. The second-order valence-corrected chi connectivity index (χ2v) is 3.69. The van der Waals surface area contributed by atoms with E-state index in [4.69, 9.17) is 4.74 Å². The molecule has 0 spiro atoms. The smallest absolute Gasteiger partial charge is 0.361 e. The van der Waals surface area contributed by atoms with Gasteiger partial charge in [0.1, 0.15) is 6.04 Å². The number of hydrogen-bond acceptors (Lipinski definition) is 6. The molecule has 1 unspecified atom stereocenters. The van der Waals surface area contributed by atoms with E-state index in [1.807, 2.05) is 24.3 Å². The summed E-state index contributed by atoms with van der Waals surface area (Å²) < 4.78 is 9.43. The van der Waals surface area contributed by atoms with Crippen molar-refractivity contribution in [2.75, 3.05) is 5.32 Å². The van der Waals surface area contributed by atoms with Gasteiger partial charge in [-0.05, 0) is 16.8 Å². The standard InChI is InChI=1S/C11H9N3O3/c15-10(17-11-12-6-16-14-11)9-5-7-3-1-2-4-8(7)13-9/h1-4,6,9,13H,5H2. The van der Waals surface area contributed by atoms with Crippen molar-refractivity contribution < 1.29 is 14.1 Å². The molecular weight excluding hydrogens is 222 g/mol. The number of benzene rings is 1. The summed E-state index contributed by atoms with van der Waals surface area (Å²) in [6.45, 7) is 0. The lowest BCUT2D eigenvalue weighted by atomic mass is 10.1. The van der Waals surface area contributed by atoms with Gasteiger partial charge in [0.15, 0.2) is 0 Å². The van der Waals surface area contributed by atoms with Gasteiger partial charge in [0, 0.05) is 12.1 Å². The minimum Gasteiger partial charge on any atom is -0.387 e. The molecule has 0 radical (unpaired) electrons. The molecule has 0 fully saturated rings. The molecule has 2 heterocycles. The van der Waals surface area contributed by atoms with Gasteiger partial charge in [-0.1, -0.05) is 18.2 Å². The maximum absolute atomic E-state index is 11.8. The van der Waals surface area contributed by atoms with Crippen LogP contribution in [0.5, 0.6) is 6.01 Å². The summed E-state index contributed by atoms with van der Waals surface area (Å²) in [4.78, 5) is 15.4. The molecule has 1 aliphatic heterocycles. The molecule has 0 bridgehead atoms. The van der Waals surface area contributed by atoms with Crippen molar-refractivity contribution in [2.45, 2.75) is 12.5 Å². The third kappa shape index (κ3) is 1.84. The molecule has 1 N–H and O–H groups in total. The molecule has 6 nitrogen and oxygen atoms in total. The fourth-order valence-electron chi connectivity index (χ4n) is 1.81. The van der Waals surface area contributed by atoms with Crippen molar-refractivity contribution in [3.8, 4) is 6.01 Å². The molecule has 0 amide bonds. The number of fused-ring (bicyclic) bond motifs is 1. The van der Waals surface area contributed by atoms with E-state index in [0.717, 1.165) is 17.6 Å². The first-order valence-electron chi connectivity index (χ1n) is 5.15. The molecule has 1 aromatic heterocycles. The Labute approximate surface area is 96.6 Å². The number of nitrogens with one attached hydrogen (secondary N) is 1. The first-order valence-corrected chi connectivity index (χ1v) is 5.15. The van der Waals surface area contributed by atoms with Crippen LogP contribution in [0.25, 0.3) is 0 Å². The van der Waals surface area contributed by atoms with Crippen molar-refractivity contribution >= 4 is 11.7 Å². The molecule has 0 aliphatic carbocycles. The topological polar surface area (TPSA) is 77.2 Å². The Kier molecular flexibility index (Phi) is 2.25. The van der Waals surface area contributed by atoms with Crippen molar-refractivity contribution in [1.29, 1.82) is 0 Å². The Morgan fingerprint density at radius 3 is 3.12 bits per heavy atom. The third-order valence-electron chi connectivity index (χ3n) is 2.59. The lowest BCUT2D eigenvalue weighted by Gasteiger charge is -2.07. The van der Waals surface area contributed by atoms with Crippen LogP contribution in [0.4, 0.5) is 5.69 Å². The van der Waals surface area contributed by atoms with Gasteiger partial charge in [-0.2, -0.15) is 4.98 Å². The van der Waals surface area contributed by atoms with Crippen LogP contribution in [0, 0.1) is 0 Å². The van der Waals surface area contributed by atoms with Crippen LogP contribution >= 0.6 is 0 Å². The van der Waals surface area contributed by atoms with Crippen molar-refractivity contribution in [1.82, 2.24) is 10.1 Å². The van der Waals surface area contributed by atoms with Gasteiger partial charge in [0.05, 0.1) is 0 Å². The quantitative estimate of drug-likeness (QED) is 0.777. The molecule has 0 saturated carbocycles. The van der Waals surface area contributed by atoms with Gasteiger partial charge in [-0.25, -0.2) is 4.79 Å². The molecule has 0 saturated heterocycles. The van der Waals surface area contributed by atoms with Crippen LogP contribution in [0.15, 0.2) is 35.2 Å². The second-order valence-electron chi connectivity index (χ2n) is 3.69. The Morgan fingerprint density at radius 2 is 2.35 bits per heavy atom. The van der Waals surface area contributed by atoms with E-state index in [-0.39, 0.29) is 6.01 Å². The summed E-state index contributed by atoms with van der Waals surface area (Å²) in [5.41, 5.74) is 2.06. The molecule has 3 rings (SSSR count). The number of carbonyl (C=O) groups excluding carboxylic acids is 1. The number of ether oxygens (including phenoxy) is 1. The van der Waals surface area contributed by atoms with Crippen LogP contribution < -0.4 is 10.1 Å². The van der Waals surface area contributed by atoms with E-state index in [1.54, 1.807) is 0 Å². The molecule has 1 aromatic carbocycles. The van der Waals surface area contributed by atoms with Crippen LogP contribution in [0.3, 0.4) is 0 Å². The van der Waals surface area contributed by atoms with E-state index in [2.05, 4.69) is 20.0 Å². The molecule has 17 heavy (non-hydrogen) atoms. The first kappa shape index (κ1) is 9.83. The van der Waals surface area contributed by atoms with Gasteiger partial charge in [0.25, 0.3) is 0 Å². The lowest BCUT2D eigenvalue weighted by Crippen LogP contribution is -2.31. The summed E-state index contributed by atoms with van der Waals surface area (Å²) in [5.74, 6) is -0.414. The Morgan fingerprint density at radius 1 is 1.47 bits per heavy atom. The van der Waals surface area contributed by atoms with Gasteiger partial charge in [0.2, 0.25) is 6.39 Å². The monoisotopic (exact) mass is 231 g/mol. The van der Waals surface area contributed by atoms with Crippen molar-refractivity contribution in [3.05, 3.63) is 36.2 Å². The van der Waals surface area contributed by atoms with Crippen molar-refractivity contribution in [2.24, 2.45) is 0 Å². The summed E-state index contributed by atoms with van der Waals surface area (Å²) >= 11 is 0. The fourth-order valence-corrected chi connectivity index (χ4v) is 1.81. The normalized spacial score (nSPS) is 17.3. The number of esters is 1. The highest BCUT2D eigenvalue weighted by Crippen LogP contribution is 2.25. The molecule has 6 heteroatoms. The molecule has 1 atom stereocenters. The maximum atomic E-state index is 11.8. The van der Waals surface area contributed by atoms with E-state index in [1.165, 1.54) is 0 Å². The number of anilines is 1. The van der Waals surface area contributed by atoms with E-state index < -0.39 is 12.0 Å². The molecule has 2 aromatic rings. The highest BCUT2D eigenvalue weighted by atomic mass is 16.6. The fraction of sp³-hybridized carbons (Fsp3) is 0.182. The summed E-state index contributed by atoms with van der Waals surface area (Å²) in [6.07, 6.45) is 1.71. The maximum Gasteiger partial charge on any atom is 0.361 e. The lowest BCUT2D eigenvalue weighted by molar-refractivity contribution is -0.135. The molecular formula is C11H9N3O3. The van der Waals surface area contributed by atoms with Gasteiger partial charge in [-0.3, -0.25) is 0 Å². The summed E-state index contributed by atoms with van der Waals surface area (Å²) in [5, 5.41) is 6.51. The first-order chi connectivity index (χ1) is 8.33. The summed E-state index contributed by atoms with van der Waals surface area (Å²) in [7, 11) is 0.